The van der Waals surface area contributed by atoms with Gasteiger partial charge in [-0.15, -0.1) is 0 Å². The minimum Gasteiger partial charge on any atom is -0.348 e. The van der Waals surface area contributed by atoms with E-state index in [9.17, 15) is 4.79 Å². The van der Waals surface area contributed by atoms with Crippen LogP contribution in [0.2, 0.25) is 0 Å². The number of amides is 1. The molecule has 5 nitrogen and oxygen atoms in total. The second-order valence-corrected chi connectivity index (χ2v) is 6.07. The van der Waals surface area contributed by atoms with Gasteiger partial charge in [-0.05, 0) is 36.6 Å². The fourth-order valence-corrected chi connectivity index (χ4v) is 3.11. The fraction of sp³-hybridized carbons (Fsp3) is 0.200. The van der Waals surface area contributed by atoms with Crippen molar-refractivity contribution in [2.75, 3.05) is 7.11 Å². The van der Waals surface area contributed by atoms with E-state index in [0.29, 0.717) is 5.56 Å². The molecule has 0 aliphatic carbocycles. The molecule has 0 bridgehead atoms. The van der Waals surface area contributed by atoms with Gasteiger partial charge in [-0.2, -0.15) is 0 Å². The van der Waals surface area contributed by atoms with Gasteiger partial charge in [0.2, 0.25) is 0 Å². The smallest absolute Gasteiger partial charge is 0.277 e. The molecule has 134 valence electrons. The normalized spacial score (nSPS) is 12.0. The molecule has 26 heavy (non-hydrogen) atoms. The number of nitrogens with zero attached hydrogens (tertiary/aromatic N) is 1. The molecule has 0 aliphatic rings. The van der Waals surface area contributed by atoms with E-state index in [1.807, 2.05) is 32.0 Å². The average Bonchev–Trinajstić information content (AvgIpc) is 3.14. The van der Waals surface area contributed by atoms with E-state index in [-0.39, 0.29) is 5.56 Å². The Morgan fingerprint density at radius 1 is 1.19 bits per heavy atom. The number of aromatic amines is 1. The molecule has 0 aliphatic heterocycles. The lowest BCUT2D eigenvalue weighted by Gasteiger charge is -2.21. The van der Waals surface area contributed by atoms with Crippen molar-refractivity contribution >= 4 is 5.91 Å². The van der Waals surface area contributed by atoms with Gasteiger partial charge in [0.15, 0.2) is 0 Å². The summed E-state index contributed by atoms with van der Waals surface area (Å²) < 4.78 is 15.3. The van der Waals surface area contributed by atoms with Crippen molar-refractivity contribution in [3.8, 4) is 0 Å². The number of hydrogen-bond donors (Lipinski definition) is 2. The number of aryl methyl sites for hydroxylation is 1. The molecule has 3 rings (SSSR count). The van der Waals surface area contributed by atoms with Gasteiger partial charge in [-0.1, -0.05) is 30.3 Å². The monoisotopic (exact) mass is 353 g/mol. The topological polar surface area (TPSA) is 67.0 Å². The summed E-state index contributed by atoms with van der Waals surface area (Å²) in [6.07, 6.45) is 3.24. The third-order valence-corrected chi connectivity index (χ3v) is 4.57. The van der Waals surface area contributed by atoms with Gasteiger partial charge in [0.25, 0.3) is 5.91 Å². The molecule has 1 atom stereocenters. The molecule has 2 aromatic carbocycles. The van der Waals surface area contributed by atoms with E-state index in [2.05, 4.69) is 20.3 Å². The molecule has 0 radical (unpaired) electrons. The number of benzene rings is 2. The van der Waals surface area contributed by atoms with Crippen molar-refractivity contribution in [1.82, 2.24) is 15.4 Å². The Bertz CT molecular complexity index is 923. The Balaban J connectivity index is 2.20. The molecule has 6 heteroatoms. The van der Waals surface area contributed by atoms with Crippen molar-refractivity contribution in [1.29, 1.82) is 0 Å². The van der Waals surface area contributed by atoms with Crippen molar-refractivity contribution < 1.29 is 14.0 Å². The minimum absolute atomic E-state index is 0.0702. The van der Waals surface area contributed by atoms with Crippen LogP contribution in [0.25, 0.3) is 0 Å². The number of hydrogen-bond acceptors (Lipinski definition) is 3. The summed E-state index contributed by atoms with van der Waals surface area (Å²) >= 11 is 0. The largest absolute Gasteiger partial charge is 0.348 e. The van der Waals surface area contributed by atoms with Crippen LogP contribution in [-0.2, 0) is 4.84 Å². The number of H-pyrrole nitrogens is 1. The summed E-state index contributed by atoms with van der Waals surface area (Å²) in [6, 6.07) is 10.7. The predicted octanol–water partition coefficient (Wildman–Crippen LogP) is 3.64. The van der Waals surface area contributed by atoms with E-state index in [4.69, 9.17) is 0 Å². The quantitative estimate of drug-likeness (QED) is 0.688. The molecule has 0 saturated heterocycles. The Kier molecular flexibility index (Phi) is 5.14. The highest BCUT2D eigenvalue weighted by Crippen LogP contribution is 2.35. The third-order valence-electron chi connectivity index (χ3n) is 4.57. The number of carbonyl (C=O) groups is 1. The molecule has 1 heterocycles. The highest BCUT2D eigenvalue weighted by Gasteiger charge is 2.26. The summed E-state index contributed by atoms with van der Waals surface area (Å²) in [4.78, 5) is 23.9. The highest BCUT2D eigenvalue weighted by atomic mass is 19.1. The standard InChI is InChI=1S/C20H20FN3O2/c1-12-6-4-7-14(13(12)2)18(17-10-22-11-23-17)15-8-5-9-16(19(15)21)20(25)24-26-3/h4-11,18H,1-3H3,(H,22,23)(H,24,25). The van der Waals surface area contributed by atoms with E-state index >= 15 is 4.39 Å². The minimum atomic E-state index is -0.629. The Morgan fingerprint density at radius 3 is 2.62 bits per heavy atom. The zero-order valence-electron chi connectivity index (χ0n) is 14.8. The van der Waals surface area contributed by atoms with E-state index in [0.717, 1.165) is 22.4 Å². The summed E-state index contributed by atoms with van der Waals surface area (Å²) in [6.45, 7) is 4.02. The van der Waals surface area contributed by atoms with Gasteiger partial charge >= 0.3 is 0 Å². The first kappa shape index (κ1) is 17.8. The summed E-state index contributed by atoms with van der Waals surface area (Å²) in [5.41, 5.74) is 6.38. The molecule has 1 unspecified atom stereocenters. The number of nitrogens with one attached hydrogen (secondary N) is 2. The maximum Gasteiger partial charge on any atom is 0.277 e. The Morgan fingerprint density at radius 2 is 1.92 bits per heavy atom. The Labute approximate surface area is 151 Å². The molecular weight excluding hydrogens is 333 g/mol. The van der Waals surface area contributed by atoms with E-state index < -0.39 is 17.6 Å². The first-order chi connectivity index (χ1) is 12.5. The van der Waals surface area contributed by atoms with Crippen molar-refractivity contribution in [3.63, 3.8) is 0 Å². The lowest BCUT2D eigenvalue weighted by molar-refractivity contribution is 0.0533. The molecular formula is C20H20FN3O2. The summed E-state index contributed by atoms with van der Waals surface area (Å²) in [5, 5.41) is 0. The molecule has 1 aromatic heterocycles. The maximum atomic E-state index is 15.3. The third kappa shape index (κ3) is 3.23. The molecule has 3 aromatic rings. The molecule has 1 amide bonds. The van der Waals surface area contributed by atoms with Crippen LogP contribution in [0.15, 0.2) is 48.9 Å². The summed E-state index contributed by atoms with van der Waals surface area (Å²) in [5.74, 6) is -1.62. The van der Waals surface area contributed by atoms with Crippen LogP contribution >= 0.6 is 0 Å². The van der Waals surface area contributed by atoms with Crippen LogP contribution in [0, 0.1) is 19.7 Å². The number of carbonyl (C=O) groups excluding carboxylic acids is 1. The van der Waals surface area contributed by atoms with Gasteiger partial charge < -0.3 is 4.98 Å². The maximum absolute atomic E-state index is 15.3. The molecule has 0 spiro atoms. The zero-order valence-corrected chi connectivity index (χ0v) is 14.8. The van der Waals surface area contributed by atoms with Crippen LogP contribution < -0.4 is 5.48 Å². The van der Waals surface area contributed by atoms with E-state index in [1.54, 1.807) is 24.7 Å². The lowest BCUT2D eigenvalue weighted by Crippen LogP contribution is -2.23. The lowest BCUT2D eigenvalue weighted by atomic mass is 9.84. The fourth-order valence-electron chi connectivity index (χ4n) is 3.11. The SMILES string of the molecule is CONC(=O)c1cccc(C(c2cnc[nH]2)c2cccc(C)c2C)c1F. The number of halogens is 1. The first-order valence-electron chi connectivity index (χ1n) is 8.20. The van der Waals surface area contributed by atoms with Crippen molar-refractivity contribution in [2.45, 2.75) is 19.8 Å². The van der Waals surface area contributed by atoms with Crippen LogP contribution in [0.1, 0.15) is 44.2 Å². The van der Waals surface area contributed by atoms with E-state index in [1.165, 1.54) is 13.2 Å². The highest BCUT2D eigenvalue weighted by molar-refractivity contribution is 5.94. The molecule has 0 fully saturated rings. The zero-order chi connectivity index (χ0) is 18.7. The number of hydroxylamine groups is 1. The van der Waals surface area contributed by atoms with Gasteiger partial charge in [0.05, 0.1) is 24.9 Å². The van der Waals surface area contributed by atoms with Crippen molar-refractivity contribution in [3.05, 3.63) is 88.3 Å². The Hall–Kier alpha value is -2.99. The summed E-state index contributed by atoms with van der Waals surface area (Å²) in [7, 11) is 1.31. The van der Waals surface area contributed by atoms with Crippen LogP contribution in [0.3, 0.4) is 0 Å². The first-order valence-corrected chi connectivity index (χ1v) is 8.20. The average molecular weight is 353 g/mol. The predicted molar refractivity (Wildman–Crippen MR) is 96.3 cm³/mol. The number of aromatic nitrogens is 2. The van der Waals surface area contributed by atoms with Gasteiger partial charge in [-0.25, -0.2) is 14.9 Å². The van der Waals surface area contributed by atoms with Crippen LogP contribution in [-0.4, -0.2) is 23.0 Å². The second-order valence-electron chi connectivity index (χ2n) is 6.07. The second kappa shape index (κ2) is 7.49. The van der Waals surface area contributed by atoms with Crippen LogP contribution in [0.5, 0.6) is 0 Å². The molecule has 0 saturated carbocycles. The van der Waals surface area contributed by atoms with Crippen molar-refractivity contribution in [2.24, 2.45) is 0 Å². The molecule has 2 N–H and O–H groups in total. The van der Waals surface area contributed by atoms with Gasteiger partial charge in [0.1, 0.15) is 5.82 Å². The number of rotatable bonds is 5. The van der Waals surface area contributed by atoms with Gasteiger partial charge in [0, 0.05) is 17.5 Å². The van der Waals surface area contributed by atoms with Crippen LogP contribution in [0.4, 0.5) is 4.39 Å². The number of imidazole rings is 1. The van der Waals surface area contributed by atoms with Gasteiger partial charge in [-0.3, -0.25) is 9.63 Å².